The van der Waals surface area contributed by atoms with Crippen molar-refractivity contribution in [2.24, 2.45) is 0 Å². The van der Waals surface area contributed by atoms with Gasteiger partial charge in [0.25, 0.3) is 0 Å². The van der Waals surface area contributed by atoms with Gasteiger partial charge >= 0.3 is 0 Å². The van der Waals surface area contributed by atoms with Crippen molar-refractivity contribution >= 4 is 27.3 Å². The van der Waals surface area contributed by atoms with Gasteiger partial charge in [-0.1, -0.05) is 24.6 Å². The Kier molecular flexibility index (Phi) is 6.03. The molecule has 1 atom stereocenters. The first-order chi connectivity index (χ1) is 10.0. The molecule has 1 nitrogen and oxygen atoms in total. The number of halogens is 1. The van der Waals surface area contributed by atoms with E-state index in [-0.39, 0.29) is 0 Å². The largest absolute Gasteiger partial charge is 0.310 e. The van der Waals surface area contributed by atoms with Crippen LogP contribution in [0.2, 0.25) is 0 Å². The molecule has 0 fully saturated rings. The Morgan fingerprint density at radius 1 is 1.19 bits per heavy atom. The Labute approximate surface area is 140 Å². The van der Waals surface area contributed by atoms with E-state index in [1.165, 1.54) is 31.6 Å². The lowest BCUT2D eigenvalue weighted by Gasteiger charge is -2.23. The first kappa shape index (κ1) is 16.7. The summed E-state index contributed by atoms with van der Waals surface area (Å²) in [6.45, 7) is 9.92. The van der Waals surface area contributed by atoms with Crippen LogP contribution < -0.4 is 5.32 Å². The summed E-state index contributed by atoms with van der Waals surface area (Å²) >= 11 is 5.50. The van der Waals surface area contributed by atoms with Gasteiger partial charge < -0.3 is 5.32 Å². The number of thiophene rings is 1. The Morgan fingerprint density at radius 2 is 1.86 bits per heavy atom. The molecule has 3 heteroatoms. The van der Waals surface area contributed by atoms with Crippen molar-refractivity contribution < 1.29 is 0 Å². The van der Waals surface area contributed by atoms with Crippen LogP contribution in [-0.4, -0.2) is 6.54 Å². The zero-order valence-electron chi connectivity index (χ0n) is 13.3. The Morgan fingerprint density at radius 3 is 2.38 bits per heavy atom. The molecule has 2 aromatic rings. The van der Waals surface area contributed by atoms with E-state index in [1.807, 2.05) is 11.3 Å². The van der Waals surface area contributed by atoms with Crippen molar-refractivity contribution in [2.75, 3.05) is 6.54 Å². The molecule has 0 saturated carbocycles. The SMILES string of the molecule is CCCNC(Cc1sccc1Br)c1c(C)cc(C)cc1C. The predicted molar refractivity (Wildman–Crippen MR) is 97.4 cm³/mol. The normalized spacial score (nSPS) is 12.6. The second kappa shape index (κ2) is 7.57. The van der Waals surface area contributed by atoms with Crippen LogP contribution in [0.3, 0.4) is 0 Å². The van der Waals surface area contributed by atoms with Crippen LogP contribution >= 0.6 is 27.3 Å². The topological polar surface area (TPSA) is 12.0 Å². The van der Waals surface area contributed by atoms with Crippen molar-refractivity contribution in [3.8, 4) is 0 Å². The van der Waals surface area contributed by atoms with Gasteiger partial charge in [0.1, 0.15) is 0 Å². The molecule has 1 aromatic carbocycles. The van der Waals surface area contributed by atoms with E-state index in [0.717, 1.165) is 19.4 Å². The quantitative estimate of drug-likeness (QED) is 0.690. The second-order valence-corrected chi connectivity index (χ2v) is 7.57. The summed E-state index contributed by atoms with van der Waals surface area (Å²) in [5, 5.41) is 5.90. The summed E-state index contributed by atoms with van der Waals surface area (Å²) < 4.78 is 1.23. The Hall–Kier alpha value is -0.640. The fourth-order valence-electron chi connectivity index (χ4n) is 2.99. The molecule has 1 heterocycles. The van der Waals surface area contributed by atoms with Crippen molar-refractivity contribution in [3.05, 3.63) is 55.2 Å². The summed E-state index contributed by atoms with van der Waals surface area (Å²) in [7, 11) is 0. The third kappa shape index (κ3) is 4.18. The number of hydrogen-bond acceptors (Lipinski definition) is 2. The highest BCUT2D eigenvalue weighted by Crippen LogP contribution is 2.31. The average Bonchev–Trinajstić information content (AvgIpc) is 2.80. The molecule has 0 aliphatic carbocycles. The lowest BCUT2D eigenvalue weighted by molar-refractivity contribution is 0.527. The highest BCUT2D eigenvalue weighted by Gasteiger charge is 2.18. The average molecular weight is 366 g/mol. The van der Waals surface area contributed by atoms with Crippen molar-refractivity contribution in [1.29, 1.82) is 0 Å². The molecular formula is C18H24BrNS. The molecule has 0 amide bonds. The highest BCUT2D eigenvalue weighted by molar-refractivity contribution is 9.10. The minimum Gasteiger partial charge on any atom is -0.310 e. The van der Waals surface area contributed by atoms with Gasteiger partial charge in [-0.3, -0.25) is 0 Å². The maximum atomic E-state index is 3.74. The number of benzene rings is 1. The molecule has 114 valence electrons. The molecule has 0 saturated heterocycles. The fourth-order valence-corrected chi connectivity index (χ4v) is 4.55. The molecule has 0 aliphatic heterocycles. The zero-order valence-corrected chi connectivity index (χ0v) is 15.7. The molecule has 1 aromatic heterocycles. The van der Waals surface area contributed by atoms with Crippen LogP contribution in [0.15, 0.2) is 28.1 Å². The maximum Gasteiger partial charge on any atom is 0.0374 e. The van der Waals surface area contributed by atoms with Gasteiger partial charge in [-0.15, -0.1) is 11.3 Å². The van der Waals surface area contributed by atoms with E-state index in [4.69, 9.17) is 0 Å². The van der Waals surface area contributed by atoms with Crippen LogP contribution in [0.25, 0.3) is 0 Å². The summed E-state index contributed by atoms with van der Waals surface area (Å²) in [6, 6.07) is 7.13. The van der Waals surface area contributed by atoms with Crippen LogP contribution in [0, 0.1) is 20.8 Å². The Bertz CT molecular complexity index is 580. The van der Waals surface area contributed by atoms with E-state index in [9.17, 15) is 0 Å². The van der Waals surface area contributed by atoms with Gasteiger partial charge in [0, 0.05) is 21.8 Å². The summed E-state index contributed by atoms with van der Waals surface area (Å²) in [5.41, 5.74) is 5.61. The highest BCUT2D eigenvalue weighted by atomic mass is 79.9. The van der Waals surface area contributed by atoms with Gasteiger partial charge in [0.2, 0.25) is 0 Å². The van der Waals surface area contributed by atoms with Crippen LogP contribution in [0.1, 0.15) is 46.5 Å². The molecule has 0 aliphatic rings. The van der Waals surface area contributed by atoms with Crippen LogP contribution in [0.5, 0.6) is 0 Å². The molecule has 0 bridgehead atoms. The van der Waals surface area contributed by atoms with Crippen LogP contribution in [0.4, 0.5) is 0 Å². The molecule has 1 unspecified atom stereocenters. The molecule has 21 heavy (non-hydrogen) atoms. The Balaban J connectivity index is 2.34. The van der Waals surface area contributed by atoms with Gasteiger partial charge in [-0.2, -0.15) is 0 Å². The third-order valence-corrected chi connectivity index (χ3v) is 5.76. The molecule has 1 N–H and O–H groups in total. The lowest BCUT2D eigenvalue weighted by Crippen LogP contribution is -2.25. The smallest absolute Gasteiger partial charge is 0.0374 e. The van der Waals surface area contributed by atoms with Crippen molar-refractivity contribution in [1.82, 2.24) is 5.32 Å². The fraction of sp³-hybridized carbons (Fsp3) is 0.444. The summed E-state index contributed by atoms with van der Waals surface area (Å²) in [5.74, 6) is 0. The number of hydrogen-bond donors (Lipinski definition) is 1. The van der Waals surface area contributed by atoms with E-state index >= 15 is 0 Å². The monoisotopic (exact) mass is 365 g/mol. The van der Waals surface area contributed by atoms with Gasteiger partial charge in [-0.25, -0.2) is 0 Å². The van der Waals surface area contributed by atoms with Crippen molar-refractivity contribution in [2.45, 2.75) is 46.6 Å². The van der Waals surface area contributed by atoms with E-state index in [2.05, 4.69) is 72.5 Å². The summed E-state index contributed by atoms with van der Waals surface area (Å²) in [6.07, 6.45) is 2.20. The maximum absolute atomic E-state index is 3.74. The molecular weight excluding hydrogens is 342 g/mol. The van der Waals surface area contributed by atoms with E-state index < -0.39 is 0 Å². The van der Waals surface area contributed by atoms with E-state index in [1.54, 1.807) is 0 Å². The number of aryl methyl sites for hydroxylation is 3. The molecule has 0 spiro atoms. The van der Waals surface area contributed by atoms with E-state index in [0.29, 0.717) is 6.04 Å². The van der Waals surface area contributed by atoms with Gasteiger partial charge in [-0.05, 0) is 77.8 Å². The van der Waals surface area contributed by atoms with Gasteiger partial charge in [0.15, 0.2) is 0 Å². The summed E-state index contributed by atoms with van der Waals surface area (Å²) in [4.78, 5) is 1.42. The molecule has 0 radical (unpaired) electrons. The molecule has 2 rings (SSSR count). The first-order valence-electron chi connectivity index (χ1n) is 7.56. The zero-order chi connectivity index (χ0) is 15.4. The van der Waals surface area contributed by atoms with Crippen LogP contribution in [-0.2, 0) is 6.42 Å². The van der Waals surface area contributed by atoms with Gasteiger partial charge in [0.05, 0.1) is 0 Å². The minimum atomic E-state index is 0.389. The standard InChI is InChI=1S/C18H24BrNS/c1-5-7-20-16(11-17-15(19)6-8-21-17)18-13(3)9-12(2)10-14(18)4/h6,8-10,16,20H,5,7,11H2,1-4H3. The lowest BCUT2D eigenvalue weighted by atomic mass is 9.92. The minimum absolute atomic E-state index is 0.389. The second-order valence-electron chi connectivity index (χ2n) is 5.71. The van der Waals surface area contributed by atoms with Crippen molar-refractivity contribution in [3.63, 3.8) is 0 Å². The first-order valence-corrected chi connectivity index (χ1v) is 9.23. The number of rotatable bonds is 6. The predicted octanol–water partition coefficient (Wildman–Crippen LogP) is 5.72. The number of nitrogens with one attached hydrogen (secondary N) is 1. The third-order valence-electron chi connectivity index (χ3n) is 3.81.